The molecule has 7 nitrogen and oxygen atoms in total. The first-order chi connectivity index (χ1) is 17.5. The lowest BCUT2D eigenvalue weighted by atomic mass is 9.96. The van der Waals surface area contributed by atoms with E-state index in [9.17, 15) is 4.39 Å². The highest BCUT2D eigenvalue weighted by Gasteiger charge is 2.34. The lowest BCUT2D eigenvalue weighted by Crippen LogP contribution is -2.58. The van der Waals surface area contributed by atoms with Gasteiger partial charge in [-0.3, -0.25) is 4.99 Å². The summed E-state index contributed by atoms with van der Waals surface area (Å²) in [7, 11) is 1.69. The molecule has 3 heterocycles. The summed E-state index contributed by atoms with van der Waals surface area (Å²) in [5.41, 5.74) is 4.54. The number of hydrogen-bond donors (Lipinski definition) is 2. The fraction of sp³-hybridized carbons (Fsp3) is 0.357. The number of imidazole rings is 1. The number of aliphatic imine (C=N–C) groups is 1. The van der Waals surface area contributed by atoms with Crippen LogP contribution in [0.4, 0.5) is 10.1 Å². The van der Waals surface area contributed by atoms with E-state index < -0.39 is 5.66 Å². The molecule has 1 saturated heterocycles. The molecule has 0 unspecified atom stereocenters. The molecule has 2 N–H and O–H groups in total. The first kappa shape index (κ1) is 24.1. The molecule has 2 aliphatic rings. The third-order valence-electron chi connectivity index (χ3n) is 6.64. The molecule has 8 heteroatoms. The SMILES string of the molecule is COc1cc(/C=C2\CCCN=C2NC2(Nc3ccc(F)cc3)CCOCC2)ccc1-n1cnc(C)c1. The van der Waals surface area contributed by atoms with Crippen molar-refractivity contribution in [2.24, 2.45) is 4.99 Å². The highest BCUT2D eigenvalue weighted by molar-refractivity contribution is 6.03. The third kappa shape index (κ3) is 5.44. The minimum Gasteiger partial charge on any atom is -0.495 e. The Morgan fingerprint density at radius 2 is 1.92 bits per heavy atom. The van der Waals surface area contributed by atoms with Crippen LogP contribution in [0.15, 0.2) is 65.6 Å². The predicted molar refractivity (Wildman–Crippen MR) is 140 cm³/mol. The number of aryl methyl sites for hydroxylation is 1. The van der Waals surface area contributed by atoms with Gasteiger partial charge in [-0.25, -0.2) is 9.37 Å². The zero-order chi connectivity index (χ0) is 25.0. The number of ether oxygens (including phenoxy) is 2. The van der Waals surface area contributed by atoms with Gasteiger partial charge in [0.1, 0.15) is 23.1 Å². The fourth-order valence-electron chi connectivity index (χ4n) is 4.73. The molecule has 0 saturated carbocycles. The number of nitrogens with zero attached hydrogens (tertiary/aromatic N) is 3. The number of aromatic nitrogens is 2. The monoisotopic (exact) mass is 489 g/mol. The topological polar surface area (TPSA) is 72.7 Å². The zero-order valence-electron chi connectivity index (χ0n) is 20.8. The second kappa shape index (κ2) is 10.5. The van der Waals surface area contributed by atoms with Crippen molar-refractivity contribution >= 4 is 17.6 Å². The summed E-state index contributed by atoms with van der Waals surface area (Å²) < 4.78 is 26.8. The van der Waals surface area contributed by atoms with Crippen LogP contribution in [0, 0.1) is 12.7 Å². The Morgan fingerprint density at radius 3 is 2.64 bits per heavy atom. The maximum atomic E-state index is 13.5. The van der Waals surface area contributed by atoms with E-state index in [1.807, 2.05) is 23.8 Å². The van der Waals surface area contributed by atoms with Crippen LogP contribution >= 0.6 is 0 Å². The average Bonchev–Trinajstić information content (AvgIpc) is 3.33. The standard InChI is InChI=1S/C28H32FN5O2/c1-20-18-34(19-31-20)25-10-5-21(17-26(25)35-2)16-22-4-3-13-30-27(22)33-28(11-14-36-15-12-28)32-24-8-6-23(29)7-9-24/h5-10,16-19,32H,3-4,11-15H2,1-2H3,(H,30,33)/b22-16+. The van der Waals surface area contributed by atoms with Crippen LogP contribution < -0.4 is 15.4 Å². The van der Waals surface area contributed by atoms with Crippen molar-refractivity contribution < 1.29 is 13.9 Å². The van der Waals surface area contributed by atoms with Crippen molar-refractivity contribution in [3.05, 3.63) is 77.6 Å². The van der Waals surface area contributed by atoms with E-state index in [1.54, 1.807) is 25.6 Å². The average molecular weight is 490 g/mol. The normalized spacial score (nSPS) is 18.5. The minimum atomic E-state index is -0.424. The van der Waals surface area contributed by atoms with E-state index in [0.29, 0.717) is 13.2 Å². The number of benzene rings is 2. The van der Waals surface area contributed by atoms with Gasteiger partial charge in [0.25, 0.3) is 0 Å². The second-order valence-electron chi connectivity index (χ2n) is 9.31. The first-order valence-corrected chi connectivity index (χ1v) is 12.4. The Bertz CT molecular complexity index is 1260. The van der Waals surface area contributed by atoms with Crippen LogP contribution in [0.1, 0.15) is 36.9 Å². The lowest BCUT2D eigenvalue weighted by molar-refractivity contribution is 0.0555. The minimum absolute atomic E-state index is 0.249. The number of amidine groups is 1. The number of rotatable bonds is 6. The third-order valence-corrected chi connectivity index (χ3v) is 6.64. The summed E-state index contributed by atoms with van der Waals surface area (Å²) in [5, 5.41) is 7.33. The zero-order valence-corrected chi connectivity index (χ0v) is 20.8. The molecule has 2 aromatic carbocycles. The predicted octanol–water partition coefficient (Wildman–Crippen LogP) is 5.11. The van der Waals surface area contributed by atoms with Gasteiger partial charge in [0, 0.05) is 31.3 Å². The van der Waals surface area contributed by atoms with Crippen molar-refractivity contribution in [1.82, 2.24) is 14.9 Å². The Hall–Kier alpha value is -3.65. The summed E-state index contributed by atoms with van der Waals surface area (Å²) in [6.45, 7) is 4.03. The summed E-state index contributed by atoms with van der Waals surface area (Å²) >= 11 is 0. The molecule has 1 fully saturated rings. The van der Waals surface area contributed by atoms with Crippen molar-refractivity contribution in [2.45, 2.75) is 38.3 Å². The molecule has 188 valence electrons. The van der Waals surface area contributed by atoms with Gasteiger partial charge in [-0.2, -0.15) is 0 Å². The molecule has 0 atom stereocenters. The van der Waals surface area contributed by atoms with Crippen LogP contribution in [0.25, 0.3) is 11.8 Å². The summed E-state index contributed by atoms with van der Waals surface area (Å²) in [5.74, 6) is 1.43. The molecule has 2 aliphatic heterocycles. The molecule has 36 heavy (non-hydrogen) atoms. The van der Waals surface area contributed by atoms with E-state index in [4.69, 9.17) is 14.5 Å². The molecule has 0 amide bonds. The molecule has 0 bridgehead atoms. The van der Waals surface area contributed by atoms with Gasteiger partial charge < -0.3 is 24.7 Å². The van der Waals surface area contributed by atoms with E-state index >= 15 is 0 Å². The molecule has 1 aromatic heterocycles. The van der Waals surface area contributed by atoms with Gasteiger partial charge in [-0.05, 0) is 73.4 Å². The van der Waals surface area contributed by atoms with E-state index in [2.05, 4.69) is 33.8 Å². The van der Waals surface area contributed by atoms with Crippen LogP contribution in [0.2, 0.25) is 0 Å². The van der Waals surface area contributed by atoms with Gasteiger partial charge in [0.05, 0.1) is 38.0 Å². The number of methoxy groups -OCH3 is 1. The molecule has 5 rings (SSSR count). The number of anilines is 1. The molecule has 0 aliphatic carbocycles. The van der Waals surface area contributed by atoms with Gasteiger partial charge in [0.15, 0.2) is 0 Å². The number of halogens is 1. The summed E-state index contributed by atoms with van der Waals surface area (Å²) in [6, 6.07) is 12.7. The lowest BCUT2D eigenvalue weighted by Gasteiger charge is -2.41. The highest BCUT2D eigenvalue weighted by atomic mass is 19.1. The van der Waals surface area contributed by atoms with E-state index in [1.165, 1.54) is 12.1 Å². The van der Waals surface area contributed by atoms with Gasteiger partial charge >= 0.3 is 0 Å². The van der Waals surface area contributed by atoms with Crippen LogP contribution in [0.3, 0.4) is 0 Å². The molecule has 0 spiro atoms. The van der Waals surface area contributed by atoms with Crippen LogP contribution in [-0.4, -0.2) is 47.9 Å². The first-order valence-electron chi connectivity index (χ1n) is 12.4. The number of hydrogen-bond acceptors (Lipinski definition) is 6. The maximum Gasteiger partial charge on any atom is 0.143 e. The second-order valence-corrected chi connectivity index (χ2v) is 9.31. The number of nitrogens with one attached hydrogen (secondary N) is 2. The Balaban J connectivity index is 1.41. The highest BCUT2D eigenvalue weighted by Crippen LogP contribution is 2.29. The largest absolute Gasteiger partial charge is 0.495 e. The smallest absolute Gasteiger partial charge is 0.143 e. The Kier molecular flexibility index (Phi) is 7.04. The van der Waals surface area contributed by atoms with Crippen LogP contribution in [-0.2, 0) is 4.74 Å². The molecule has 3 aromatic rings. The quantitative estimate of drug-likeness (QED) is 0.471. The van der Waals surface area contributed by atoms with Crippen molar-refractivity contribution in [3.8, 4) is 11.4 Å². The molecular formula is C28H32FN5O2. The van der Waals surface area contributed by atoms with E-state index in [0.717, 1.165) is 72.0 Å². The van der Waals surface area contributed by atoms with Crippen molar-refractivity contribution in [2.75, 3.05) is 32.2 Å². The summed E-state index contributed by atoms with van der Waals surface area (Å²) in [4.78, 5) is 9.19. The van der Waals surface area contributed by atoms with Crippen LogP contribution in [0.5, 0.6) is 5.75 Å². The van der Waals surface area contributed by atoms with Gasteiger partial charge in [0.2, 0.25) is 0 Å². The maximum absolute atomic E-state index is 13.5. The van der Waals surface area contributed by atoms with Gasteiger partial charge in [-0.15, -0.1) is 0 Å². The fourth-order valence-corrected chi connectivity index (χ4v) is 4.73. The van der Waals surface area contributed by atoms with Crippen molar-refractivity contribution in [3.63, 3.8) is 0 Å². The van der Waals surface area contributed by atoms with Gasteiger partial charge in [-0.1, -0.05) is 6.07 Å². The van der Waals surface area contributed by atoms with E-state index in [-0.39, 0.29) is 5.82 Å². The molecular weight excluding hydrogens is 457 g/mol. The summed E-state index contributed by atoms with van der Waals surface area (Å²) in [6.07, 6.45) is 9.42. The Labute approximate surface area is 211 Å². The molecule has 0 radical (unpaired) electrons. The van der Waals surface area contributed by atoms with Crippen molar-refractivity contribution in [1.29, 1.82) is 0 Å². The Morgan fingerprint density at radius 1 is 1.11 bits per heavy atom.